The zero-order valence-corrected chi connectivity index (χ0v) is 14.2. The standard InChI is InChI=1S/C17H17BrF2N2O/c1-22(11-12-2-5-14(18)6-3-12)17(23)21-9-8-13-4-7-15(19)10-16(13)20/h2-7,10H,8-9,11H2,1H3,(H,21,23). The van der Waals surface area contributed by atoms with Crippen molar-refractivity contribution in [3.63, 3.8) is 0 Å². The summed E-state index contributed by atoms with van der Waals surface area (Å²) in [5.41, 5.74) is 1.39. The molecule has 0 spiro atoms. The summed E-state index contributed by atoms with van der Waals surface area (Å²) in [6.45, 7) is 0.760. The predicted octanol–water partition coefficient (Wildman–Crippen LogP) is 4.11. The van der Waals surface area contributed by atoms with Gasteiger partial charge in [0.25, 0.3) is 0 Å². The Morgan fingerprint density at radius 2 is 1.87 bits per heavy atom. The van der Waals surface area contributed by atoms with Crippen LogP contribution in [-0.4, -0.2) is 24.5 Å². The van der Waals surface area contributed by atoms with Crippen LogP contribution in [0.1, 0.15) is 11.1 Å². The van der Waals surface area contributed by atoms with Crippen LogP contribution in [0.15, 0.2) is 46.9 Å². The van der Waals surface area contributed by atoms with Crippen molar-refractivity contribution < 1.29 is 13.6 Å². The molecule has 0 bridgehead atoms. The van der Waals surface area contributed by atoms with Crippen molar-refractivity contribution in [2.45, 2.75) is 13.0 Å². The zero-order chi connectivity index (χ0) is 16.8. The molecular formula is C17H17BrF2N2O. The van der Waals surface area contributed by atoms with E-state index in [9.17, 15) is 13.6 Å². The summed E-state index contributed by atoms with van der Waals surface area (Å²) in [5, 5.41) is 2.72. The molecule has 0 aliphatic heterocycles. The molecule has 0 aliphatic rings. The number of urea groups is 1. The van der Waals surface area contributed by atoms with Gasteiger partial charge in [-0.15, -0.1) is 0 Å². The molecule has 2 rings (SSSR count). The number of benzene rings is 2. The zero-order valence-electron chi connectivity index (χ0n) is 12.7. The van der Waals surface area contributed by atoms with Crippen LogP contribution in [0.3, 0.4) is 0 Å². The highest BCUT2D eigenvalue weighted by molar-refractivity contribution is 9.10. The molecule has 0 saturated carbocycles. The molecule has 2 aromatic rings. The second-order valence-electron chi connectivity index (χ2n) is 5.20. The van der Waals surface area contributed by atoms with Gasteiger partial charge in [0.1, 0.15) is 11.6 Å². The fraction of sp³-hybridized carbons (Fsp3) is 0.235. The van der Waals surface area contributed by atoms with Crippen molar-refractivity contribution in [1.29, 1.82) is 0 Å². The largest absolute Gasteiger partial charge is 0.338 e. The topological polar surface area (TPSA) is 32.3 Å². The molecule has 122 valence electrons. The van der Waals surface area contributed by atoms with Gasteiger partial charge in [-0.3, -0.25) is 0 Å². The first kappa shape index (κ1) is 17.4. The Bertz CT molecular complexity index is 677. The highest BCUT2D eigenvalue weighted by Gasteiger charge is 2.09. The van der Waals surface area contributed by atoms with Crippen LogP contribution in [0.25, 0.3) is 0 Å². The van der Waals surface area contributed by atoms with Crippen LogP contribution in [0.4, 0.5) is 13.6 Å². The fourth-order valence-electron chi connectivity index (χ4n) is 2.10. The van der Waals surface area contributed by atoms with E-state index in [1.165, 1.54) is 12.1 Å². The lowest BCUT2D eigenvalue weighted by Crippen LogP contribution is -2.37. The van der Waals surface area contributed by atoms with Crippen molar-refractivity contribution in [1.82, 2.24) is 10.2 Å². The van der Waals surface area contributed by atoms with Crippen molar-refractivity contribution in [3.8, 4) is 0 Å². The summed E-state index contributed by atoms with van der Waals surface area (Å²) < 4.78 is 27.3. The Morgan fingerprint density at radius 3 is 2.52 bits per heavy atom. The Labute approximate surface area is 142 Å². The maximum atomic E-state index is 13.5. The number of rotatable bonds is 5. The first-order valence-electron chi connectivity index (χ1n) is 7.13. The average Bonchev–Trinajstić information content (AvgIpc) is 2.51. The fourth-order valence-corrected chi connectivity index (χ4v) is 2.36. The number of halogens is 3. The van der Waals surface area contributed by atoms with Gasteiger partial charge in [0.2, 0.25) is 0 Å². The molecule has 2 aromatic carbocycles. The molecule has 0 heterocycles. The molecule has 0 unspecified atom stereocenters. The quantitative estimate of drug-likeness (QED) is 0.828. The first-order chi connectivity index (χ1) is 11.0. The number of hydrogen-bond donors (Lipinski definition) is 1. The van der Waals surface area contributed by atoms with Crippen molar-refractivity contribution >= 4 is 22.0 Å². The SMILES string of the molecule is CN(Cc1ccc(Br)cc1)C(=O)NCCc1ccc(F)cc1F. The van der Waals surface area contributed by atoms with Gasteiger partial charge >= 0.3 is 6.03 Å². The molecule has 23 heavy (non-hydrogen) atoms. The van der Waals surface area contributed by atoms with E-state index in [4.69, 9.17) is 0 Å². The van der Waals surface area contributed by atoms with E-state index in [0.717, 1.165) is 16.1 Å². The molecule has 2 amide bonds. The Morgan fingerprint density at radius 1 is 1.17 bits per heavy atom. The van der Waals surface area contributed by atoms with Gasteiger partial charge < -0.3 is 10.2 Å². The molecule has 0 aliphatic carbocycles. The van der Waals surface area contributed by atoms with Gasteiger partial charge in [-0.05, 0) is 35.7 Å². The van der Waals surface area contributed by atoms with E-state index in [2.05, 4.69) is 21.2 Å². The lowest BCUT2D eigenvalue weighted by Gasteiger charge is -2.18. The van der Waals surface area contributed by atoms with Gasteiger partial charge in [0.05, 0.1) is 0 Å². The van der Waals surface area contributed by atoms with Crippen LogP contribution < -0.4 is 5.32 Å². The van der Waals surface area contributed by atoms with Crippen molar-refractivity contribution in [2.24, 2.45) is 0 Å². The lowest BCUT2D eigenvalue weighted by atomic mass is 10.1. The summed E-state index contributed by atoms with van der Waals surface area (Å²) in [7, 11) is 1.69. The number of amides is 2. The van der Waals surface area contributed by atoms with Gasteiger partial charge in [-0.1, -0.05) is 34.1 Å². The minimum atomic E-state index is -0.607. The maximum Gasteiger partial charge on any atom is 0.317 e. The van der Waals surface area contributed by atoms with Gasteiger partial charge in [-0.2, -0.15) is 0 Å². The van der Waals surface area contributed by atoms with Gasteiger partial charge in [0, 0.05) is 30.7 Å². The Hall–Kier alpha value is -1.95. The third kappa shape index (κ3) is 5.32. The molecule has 0 radical (unpaired) electrons. The maximum absolute atomic E-state index is 13.5. The molecule has 0 atom stereocenters. The van der Waals surface area contributed by atoms with E-state index in [1.54, 1.807) is 11.9 Å². The summed E-state index contributed by atoms with van der Waals surface area (Å²) in [4.78, 5) is 13.5. The van der Waals surface area contributed by atoms with Crippen molar-refractivity contribution in [2.75, 3.05) is 13.6 Å². The van der Waals surface area contributed by atoms with Gasteiger partial charge in [-0.25, -0.2) is 13.6 Å². The molecule has 6 heteroatoms. The van der Waals surface area contributed by atoms with Crippen LogP contribution >= 0.6 is 15.9 Å². The van der Waals surface area contributed by atoms with Crippen molar-refractivity contribution in [3.05, 3.63) is 69.7 Å². The highest BCUT2D eigenvalue weighted by atomic mass is 79.9. The smallest absolute Gasteiger partial charge is 0.317 e. The predicted molar refractivity (Wildman–Crippen MR) is 89.1 cm³/mol. The molecule has 0 aromatic heterocycles. The van der Waals surface area contributed by atoms with Crippen LogP contribution in [0, 0.1) is 11.6 Å². The first-order valence-corrected chi connectivity index (χ1v) is 7.92. The van der Waals surface area contributed by atoms with E-state index >= 15 is 0 Å². The average molecular weight is 383 g/mol. The third-order valence-corrected chi connectivity index (χ3v) is 3.89. The second-order valence-corrected chi connectivity index (χ2v) is 6.12. The summed E-state index contributed by atoms with van der Waals surface area (Å²) in [6, 6.07) is 10.9. The monoisotopic (exact) mass is 382 g/mol. The van der Waals surface area contributed by atoms with E-state index in [0.29, 0.717) is 18.5 Å². The minimum Gasteiger partial charge on any atom is -0.338 e. The number of carbonyl (C=O) groups excluding carboxylic acids is 1. The number of carbonyl (C=O) groups is 1. The van der Waals surface area contributed by atoms with Crippen LogP contribution in [-0.2, 0) is 13.0 Å². The molecule has 0 saturated heterocycles. The number of nitrogens with one attached hydrogen (secondary N) is 1. The molecule has 1 N–H and O–H groups in total. The minimum absolute atomic E-state index is 0.240. The second kappa shape index (κ2) is 8.06. The van der Waals surface area contributed by atoms with E-state index in [1.807, 2.05) is 24.3 Å². The molecular weight excluding hydrogens is 366 g/mol. The third-order valence-electron chi connectivity index (χ3n) is 3.37. The Balaban J connectivity index is 1.80. The van der Waals surface area contributed by atoms with E-state index in [-0.39, 0.29) is 12.6 Å². The van der Waals surface area contributed by atoms with Gasteiger partial charge in [0.15, 0.2) is 0 Å². The molecule has 0 fully saturated rings. The number of nitrogens with zero attached hydrogens (tertiary/aromatic N) is 1. The number of hydrogen-bond acceptors (Lipinski definition) is 1. The van der Waals surface area contributed by atoms with E-state index < -0.39 is 11.6 Å². The van der Waals surface area contributed by atoms with Crippen LogP contribution in [0.5, 0.6) is 0 Å². The molecule has 3 nitrogen and oxygen atoms in total. The van der Waals surface area contributed by atoms with Crippen LogP contribution in [0.2, 0.25) is 0 Å². The summed E-state index contributed by atoms with van der Waals surface area (Å²) >= 11 is 3.36. The summed E-state index contributed by atoms with van der Waals surface area (Å²) in [5.74, 6) is -1.20. The Kier molecular flexibility index (Phi) is 6.10. The summed E-state index contributed by atoms with van der Waals surface area (Å²) in [6.07, 6.45) is 0.310. The highest BCUT2D eigenvalue weighted by Crippen LogP contribution is 2.12. The normalized spacial score (nSPS) is 10.4. The lowest BCUT2D eigenvalue weighted by molar-refractivity contribution is 0.207.